The van der Waals surface area contributed by atoms with E-state index in [0.717, 1.165) is 25.8 Å². The van der Waals surface area contributed by atoms with Gasteiger partial charge in [-0.15, -0.1) is 0 Å². The van der Waals surface area contributed by atoms with Crippen LogP contribution in [0.25, 0.3) is 0 Å². The Kier molecular flexibility index (Phi) is 4.95. The standard InChI is InChI=1S/C23H28N2/c1-18-7-5-11-22(13-12-18)25(17-21-10-6-14-24-21)23-15-19-8-3-2-4-9-20(19)16-23/h5,7-9,11-13,18,21,23-24H,3,6,10,14-17H2,1H3. The van der Waals surface area contributed by atoms with Crippen molar-refractivity contribution in [1.82, 2.24) is 10.2 Å². The fraction of sp³-hybridized carbons (Fsp3) is 0.478. The third kappa shape index (κ3) is 3.83. The normalized spacial score (nSPS) is 30.4. The van der Waals surface area contributed by atoms with Crippen LogP contribution in [0.3, 0.4) is 0 Å². The molecule has 3 atom stereocenters. The summed E-state index contributed by atoms with van der Waals surface area (Å²) in [5, 5.41) is 3.68. The second-order valence-corrected chi connectivity index (χ2v) is 7.63. The van der Waals surface area contributed by atoms with Crippen molar-refractivity contribution in [2.45, 2.75) is 51.1 Å². The molecule has 4 rings (SSSR count). The summed E-state index contributed by atoms with van der Waals surface area (Å²) in [7, 11) is 0. The van der Waals surface area contributed by atoms with Crippen LogP contribution in [0.2, 0.25) is 0 Å². The quantitative estimate of drug-likeness (QED) is 0.780. The molecule has 3 aliphatic carbocycles. The zero-order valence-corrected chi connectivity index (χ0v) is 15.2. The molecule has 4 aliphatic rings. The van der Waals surface area contributed by atoms with Crippen LogP contribution in [-0.2, 0) is 0 Å². The average Bonchev–Trinajstić information content (AvgIpc) is 3.15. The fourth-order valence-corrected chi connectivity index (χ4v) is 4.31. The van der Waals surface area contributed by atoms with Gasteiger partial charge in [-0.1, -0.05) is 43.1 Å². The summed E-state index contributed by atoms with van der Waals surface area (Å²) in [5.74, 6) is 6.92. The maximum absolute atomic E-state index is 3.68. The van der Waals surface area contributed by atoms with Gasteiger partial charge in [-0.05, 0) is 67.5 Å². The first-order valence-electron chi connectivity index (χ1n) is 9.73. The minimum absolute atomic E-state index is 0.510. The summed E-state index contributed by atoms with van der Waals surface area (Å²) in [5.41, 5.74) is 4.33. The molecule has 1 saturated carbocycles. The van der Waals surface area contributed by atoms with Crippen LogP contribution in [0.15, 0.2) is 59.4 Å². The molecular formula is C23H28N2. The topological polar surface area (TPSA) is 15.3 Å². The Balaban J connectivity index is 1.58. The monoisotopic (exact) mass is 332 g/mol. The van der Waals surface area contributed by atoms with E-state index >= 15 is 0 Å². The lowest BCUT2D eigenvalue weighted by molar-refractivity contribution is 0.246. The molecule has 0 bridgehead atoms. The Labute approximate surface area is 152 Å². The maximum atomic E-state index is 3.68. The highest BCUT2D eigenvalue weighted by molar-refractivity contribution is 5.45. The van der Waals surface area contributed by atoms with Crippen molar-refractivity contribution in [3.8, 4) is 11.8 Å². The Morgan fingerprint density at radius 1 is 1.24 bits per heavy atom. The molecule has 0 spiro atoms. The molecular weight excluding hydrogens is 304 g/mol. The zero-order chi connectivity index (χ0) is 17.1. The first-order valence-corrected chi connectivity index (χ1v) is 9.73. The molecule has 0 amide bonds. The van der Waals surface area contributed by atoms with Gasteiger partial charge < -0.3 is 10.2 Å². The van der Waals surface area contributed by atoms with Gasteiger partial charge in [-0.3, -0.25) is 0 Å². The highest BCUT2D eigenvalue weighted by Gasteiger charge is 2.31. The van der Waals surface area contributed by atoms with E-state index in [1.165, 1.54) is 36.2 Å². The van der Waals surface area contributed by atoms with Gasteiger partial charge in [0, 0.05) is 30.7 Å². The summed E-state index contributed by atoms with van der Waals surface area (Å²) >= 11 is 0. The fourth-order valence-electron chi connectivity index (χ4n) is 4.31. The van der Waals surface area contributed by atoms with Crippen molar-refractivity contribution in [3.05, 3.63) is 59.4 Å². The summed E-state index contributed by atoms with van der Waals surface area (Å²) in [6, 6.07) is 1.17. The van der Waals surface area contributed by atoms with E-state index in [-0.39, 0.29) is 0 Å². The Bertz CT molecular complexity index is 717. The number of fused-ring (bicyclic) bond motifs is 1. The van der Waals surface area contributed by atoms with Gasteiger partial charge in [0.2, 0.25) is 0 Å². The van der Waals surface area contributed by atoms with Crippen molar-refractivity contribution < 1.29 is 0 Å². The second-order valence-electron chi connectivity index (χ2n) is 7.63. The van der Waals surface area contributed by atoms with Gasteiger partial charge in [0.15, 0.2) is 0 Å². The van der Waals surface area contributed by atoms with Gasteiger partial charge in [-0.25, -0.2) is 0 Å². The van der Waals surface area contributed by atoms with Crippen LogP contribution < -0.4 is 5.32 Å². The van der Waals surface area contributed by atoms with Crippen LogP contribution >= 0.6 is 0 Å². The van der Waals surface area contributed by atoms with Gasteiger partial charge in [0.1, 0.15) is 0 Å². The molecule has 0 aromatic carbocycles. The molecule has 25 heavy (non-hydrogen) atoms. The Morgan fingerprint density at radius 3 is 3.04 bits per heavy atom. The van der Waals surface area contributed by atoms with Crippen molar-refractivity contribution in [2.24, 2.45) is 5.92 Å². The van der Waals surface area contributed by atoms with Crippen LogP contribution in [-0.4, -0.2) is 30.1 Å². The van der Waals surface area contributed by atoms with Crippen molar-refractivity contribution >= 4 is 0 Å². The van der Waals surface area contributed by atoms with Crippen LogP contribution in [0.1, 0.15) is 39.0 Å². The van der Waals surface area contributed by atoms with Crippen LogP contribution in [0.4, 0.5) is 0 Å². The first-order chi connectivity index (χ1) is 12.3. The Hall–Kier alpha value is -1.98. The van der Waals surface area contributed by atoms with E-state index in [9.17, 15) is 0 Å². The minimum atomic E-state index is 0.510. The average molecular weight is 332 g/mol. The number of allylic oxidation sites excluding steroid dienone is 7. The minimum Gasteiger partial charge on any atom is -0.366 e. The van der Waals surface area contributed by atoms with Gasteiger partial charge in [-0.2, -0.15) is 0 Å². The van der Waals surface area contributed by atoms with E-state index in [1.54, 1.807) is 0 Å². The molecule has 1 heterocycles. The molecule has 0 aromatic heterocycles. The third-order valence-electron chi connectivity index (χ3n) is 5.73. The van der Waals surface area contributed by atoms with Gasteiger partial charge in [0.05, 0.1) is 0 Å². The van der Waals surface area contributed by atoms with Gasteiger partial charge in [0.25, 0.3) is 0 Å². The lowest BCUT2D eigenvalue weighted by Crippen LogP contribution is -2.41. The summed E-state index contributed by atoms with van der Waals surface area (Å²) < 4.78 is 0. The summed E-state index contributed by atoms with van der Waals surface area (Å²) in [4.78, 5) is 2.66. The van der Waals surface area contributed by atoms with Gasteiger partial charge >= 0.3 is 0 Å². The lowest BCUT2D eigenvalue weighted by atomic mass is 10.1. The first kappa shape index (κ1) is 16.5. The molecule has 1 saturated heterocycles. The van der Waals surface area contributed by atoms with E-state index in [4.69, 9.17) is 0 Å². The maximum Gasteiger partial charge on any atom is 0.0371 e. The molecule has 0 radical (unpaired) electrons. The molecule has 1 N–H and O–H groups in total. The summed E-state index contributed by atoms with van der Waals surface area (Å²) in [6.45, 7) is 4.52. The second kappa shape index (κ2) is 7.50. The molecule has 2 fully saturated rings. The van der Waals surface area contributed by atoms with Crippen molar-refractivity contribution in [3.63, 3.8) is 0 Å². The number of hydrogen-bond acceptors (Lipinski definition) is 2. The third-order valence-corrected chi connectivity index (χ3v) is 5.73. The molecule has 2 heteroatoms. The number of nitrogens with zero attached hydrogens (tertiary/aromatic N) is 1. The molecule has 2 nitrogen and oxygen atoms in total. The van der Waals surface area contributed by atoms with Crippen molar-refractivity contribution in [1.29, 1.82) is 0 Å². The van der Waals surface area contributed by atoms with Crippen molar-refractivity contribution in [2.75, 3.05) is 13.1 Å². The largest absolute Gasteiger partial charge is 0.366 e. The summed E-state index contributed by atoms with van der Waals surface area (Å²) in [6.07, 6.45) is 21.7. The zero-order valence-electron chi connectivity index (χ0n) is 15.2. The predicted molar refractivity (Wildman–Crippen MR) is 105 cm³/mol. The number of nitrogens with one attached hydrogen (secondary N) is 1. The highest BCUT2D eigenvalue weighted by Crippen LogP contribution is 2.37. The SMILES string of the molecule is CC1C=CC=C(N(CC2CCCN2)C2CC3=CC#CCC=C3C2)C=C1. The number of rotatable bonds is 4. The van der Waals surface area contributed by atoms with E-state index in [2.05, 4.69) is 71.5 Å². The Morgan fingerprint density at radius 2 is 2.16 bits per heavy atom. The van der Waals surface area contributed by atoms with Crippen LogP contribution in [0.5, 0.6) is 0 Å². The lowest BCUT2D eigenvalue weighted by Gasteiger charge is -2.34. The van der Waals surface area contributed by atoms with E-state index < -0.39 is 0 Å². The van der Waals surface area contributed by atoms with E-state index in [1.807, 2.05) is 0 Å². The molecule has 1 aliphatic heterocycles. The molecule has 0 aromatic rings. The molecule has 3 unspecified atom stereocenters. The number of hydrogen-bond donors (Lipinski definition) is 1. The van der Waals surface area contributed by atoms with Crippen LogP contribution in [0, 0.1) is 17.8 Å². The smallest absolute Gasteiger partial charge is 0.0371 e. The highest BCUT2D eigenvalue weighted by atomic mass is 15.2. The predicted octanol–water partition coefficient (Wildman–Crippen LogP) is 4.11. The van der Waals surface area contributed by atoms with E-state index in [0.29, 0.717) is 18.0 Å². The molecule has 130 valence electrons.